The average Bonchev–Trinajstić information content (AvgIpc) is 2.70. The third-order valence-electron chi connectivity index (χ3n) is 2.06. The van der Waals surface area contributed by atoms with Crippen molar-refractivity contribution in [2.45, 2.75) is 6.61 Å². The van der Waals surface area contributed by atoms with E-state index in [0.29, 0.717) is 11.4 Å². The van der Waals surface area contributed by atoms with Crippen LogP contribution in [-0.4, -0.2) is 12.3 Å². The molecule has 88 valence electrons. The van der Waals surface area contributed by atoms with Crippen molar-refractivity contribution < 1.29 is 9.26 Å². The second-order valence-corrected chi connectivity index (χ2v) is 3.29. The minimum atomic E-state index is -0.559. The summed E-state index contributed by atoms with van der Waals surface area (Å²) in [6.07, 6.45) is 0. The quantitative estimate of drug-likeness (QED) is 0.824. The minimum Gasteiger partial charge on any atom is -0.378 e. The monoisotopic (exact) mass is 233 g/mol. The van der Waals surface area contributed by atoms with E-state index in [1.54, 1.807) is 12.1 Å². The van der Waals surface area contributed by atoms with Crippen LogP contribution >= 0.6 is 0 Å². The Hall–Kier alpha value is -2.21. The van der Waals surface area contributed by atoms with E-state index in [4.69, 9.17) is 4.74 Å². The molecular formula is C11H11N3O3. The molecule has 0 atom stereocenters. The van der Waals surface area contributed by atoms with Crippen molar-refractivity contribution in [1.82, 2.24) is 5.16 Å². The van der Waals surface area contributed by atoms with Crippen LogP contribution in [-0.2, 0) is 11.3 Å². The van der Waals surface area contributed by atoms with Gasteiger partial charge >= 0.3 is 5.63 Å². The Balaban J connectivity index is 2.26. The van der Waals surface area contributed by atoms with Crippen LogP contribution in [0.4, 0.5) is 11.4 Å². The standard InChI is InChI=1S/C11H11N3O3/c1-16-7-9-10(11(15)17-14-9)13-12-8-5-3-2-4-6-8/h2-6,14H,7H2,1H3. The van der Waals surface area contributed by atoms with Gasteiger partial charge in [0.05, 0.1) is 12.3 Å². The molecule has 6 heteroatoms. The summed E-state index contributed by atoms with van der Waals surface area (Å²) in [6, 6.07) is 9.12. The lowest BCUT2D eigenvalue weighted by atomic mass is 10.3. The maximum atomic E-state index is 11.3. The van der Waals surface area contributed by atoms with Crippen molar-refractivity contribution in [3.8, 4) is 0 Å². The van der Waals surface area contributed by atoms with Crippen molar-refractivity contribution in [2.24, 2.45) is 10.2 Å². The summed E-state index contributed by atoms with van der Waals surface area (Å²) in [7, 11) is 1.52. The van der Waals surface area contributed by atoms with Gasteiger partial charge in [0.1, 0.15) is 5.69 Å². The second kappa shape index (κ2) is 5.22. The van der Waals surface area contributed by atoms with E-state index in [1.165, 1.54) is 7.11 Å². The number of nitrogens with one attached hydrogen (secondary N) is 1. The molecule has 2 rings (SSSR count). The predicted molar refractivity (Wildman–Crippen MR) is 60.7 cm³/mol. The van der Waals surface area contributed by atoms with E-state index >= 15 is 0 Å². The van der Waals surface area contributed by atoms with Gasteiger partial charge in [0.2, 0.25) is 0 Å². The molecule has 1 aromatic heterocycles. The van der Waals surface area contributed by atoms with Gasteiger partial charge in [-0.05, 0) is 12.1 Å². The normalized spacial score (nSPS) is 11.1. The molecule has 2 aromatic rings. The van der Waals surface area contributed by atoms with Gasteiger partial charge in [0.15, 0.2) is 5.69 Å². The number of hydrogen-bond donors (Lipinski definition) is 1. The number of aromatic nitrogens is 1. The summed E-state index contributed by atoms with van der Waals surface area (Å²) in [5.41, 5.74) is 0.709. The first kappa shape index (κ1) is 11.3. The van der Waals surface area contributed by atoms with Crippen molar-refractivity contribution in [1.29, 1.82) is 0 Å². The fraction of sp³-hybridized carbons (Fsp3) is 0.182. The highest BCUT2D eigenvalue weighted by molar-refractivity contribution is 5.40. The van der Waals surface area contributed by atoms with Crippen LogP contribution in [0.2, 0.25) is 0 Å². The minimum absolute atomic E-state index is 0.135. The first-order chi connectivity index (χ1) is 8.31. The Morgan fingerprint density at radius 2 is 2.06 bits per heavy atom. The first-order valence-electron chi connectivity index (χ1n) is 4.97. The predicted octanol–water partition coefficient (Wildman–Crippen LogP) is 2.53. The highest BCUT2D eigenvalue weighted by Gasteiger charge is 2.10. The van der Waals surface area contributed by atoms with Crippen LogP contribution in [0, 0.1) is 0 Å². The van der Waals surface area contributed by atoms with Crippen LogP contribution < -0.4 is 5.63 Å². The lowest BCUT2D eigenvalue weighted by Gasteiger charge is -1.93. The Bertz CT molecular complexity index is 557. The molecule has 0 aliphatic carbocycles. The smallest absolute Gasteiger partial charge is 0.378 e. The van der Waals surface area contributed by atoms with Gasteiger partial charge in [-0.15, -0.1) is 5.11 Å². The molecule has 0 radical (unpaired) electrons. The molecule has 0 unspecified atom stereocenters. The van der Waals surface area contributed by atoms with Crippen LogP contribution in [0.5, 0.6) is 0 Å². The molecule has 1 aromatic carbocycles. The summed E-state index contributed by atoms with van der Waals surface area (Å²) in [6.45, 7) is 0.217. The van der Waals surface area contributed by atoms with Gasteiger partial charge < -0.3 is 9.26 Å². The molecule has 0 saturated carbocycles. The van der Waals surface area contributed by atoms with E-state index in [1.807, 2.05) is 18.2 Å². The zero-order valence-corrected chi connectivity index (χ0v) is 9.21. The SMILES string of the molecule is COCc1[nH]oc(=O)c1N=Nc1ccccc1. The van der Waals surface area contributed by atoms with E-state index in [-0.39, 0.29) is 12.3 Å². The van der Waals surface area contributed by atoms with E-state index in [9.17, 15) is 4.79 Å². The zero-order valence-electron chi connectivity index (χ0n) is 9.21. The molecule has 0 aliphatic rings. The Morgan fingerprint density at radius 1 is 1.29 bits per heavy atom. The van der Waals surface area contributed by atoms with Gasteiger partial charge in [-0.25, -0.2) is 9.95 Å². The zero-order chi connectivity index (χ0) is 12.1. The summed E-state index contributed by atoms with van der Waals surface area (Å²) >= 11 is 0. The molecular weight excluding hydrogens is 222 g/mol. The molecule has 0 aliphatic heterocycles. The second-order valence-electron chi connectivity index (χ2n) is 3.29. The number of methoxy groups -OCH3 is 1. The van der Waals surface area contributed by atoms with Gasteiger partial charge in [0.25, 0.3) is 0 Å². The highest BCUT2D eigenvalue weighted by atomic mass is 16.5. The van der Waals surface area contributed by atoms with Crippen molar-refractivity contribution in [2.75, 3.05) is 7.11 Å². The number of nitrogens with zero attached hydrogens (tertiary/aromatic N) is 2. The largest absolute Gasteiger partial charge is 0.385 e. The van der Waals surface area contributed by atoms with Gasteiger partial charge in [-0.3, -0.25) is 0 Å². The summed E-state index contributed by atoms with van der Waals surface area (Å²) in [5, 5.41) is 10.2. The molecule has 0 saturated heterocycles. The van der Waals surface area contributed by atoms with E-state index in [2.05, 4.69) is 19.9 Å². The number of H-pyrrole nitrogens is 1. The van der Waals surface area contributed by atoms with Crippen LogP contribution in [0.3, 0.4) is 0 Å². The van der Waals surface area contributed by atoms with E-state index in [0.717, 1.165) is 0 Å². The topological polar surface area (TPSA) is 80.0 Å². The molecule has 1 N–H and O–H groups in total. The highest BCUT2D eigenvalue weighted by Crippen LogP contribution is 2.17. The van der Waals surface area contributed by atoms with Crippen LogP contribution in [0.25, 0.3) is 0 Å². The fourth-order valence-electron chi connectivity index (χ4n) is 1.27. The summed E-state index contributed by atoms with van der Waals surface area (Å²) < 4.78 is 9.52. The van der Waals surface area contributed by atoms with Crippen LogP contribution in [0.15, 0.2) is 49.9 Å². The number of benzene rings is 1. The molecule has 0 bridgehead atoms. The maximum absolute atomic E-state index is 11.3. The Labute approximate surface area is 96.9 Å². The third-order valence-corrected chi connectivity index (χ3v) is 2.06. The maximum Gasteiger partial charge on any atom is 0.385 e. The van der Waals surface area contributed by atoms with Crippen molar-refractivity contribution >= 4 is 11.4 Å². The lowest BCUT2D eigenvalue weighted by Crippen LogP contribution is -1.92. The molecule has 0 fully saturated rings. The number of ether oxygens (including phenoxy) is 1. The first-order valence-corrected chi connectivity index (χ1v) is 4.97. The summed E-state index contributed by atoms with van der Waals surface area (Å²) in [5.74, 6) is 0. The number of aromatic amines is 1. The lowest BCUT2D eigenvalue weighted by molar-refractivity contribution is 0.177. The molecule has 1 heterocycles. The van der Waals surface area contributed by atoms with Crippen molar-refractivity contribution in [3.05, 3.63) is 46.4 Å². The molecule has 0 spiro atoms. The summed E-state index contributed by atoms with van der Waals surface area (Å²) in [4.78, 5) is 11.3. The van der Waals surface area contributed by atoms with Crippen molar-refractivity contribution in [3.63, 3.8) is 0 Å². The molecule has 6 nitrogen and oxygen atoms in total. The van der Waals surface area contributed by atoms with E-state index < -0.39 is 5.63 Å². The number of azo groups is 1. The number of rotatable bonds is 4. The van der Waals surface area contributed by atoms with Gasteiger partial charge in [0, 0.05) is 7.11 Å². The van der Waals surface area contributed by atoms with Gasteiger partial charge in [-0.1, -0.05) is 18.2 Å². The average molecular weight is 233 g/mol. The Kier molecular flexibility index (Phi) is 3.46. The van der Waals surface area contributed by atoms with Gasteiger partial charge in [-0.2, -0.15) is 5.11 Å². The fourth-order valence-corrected chi connectivity index (χ4v) is 1.27. The third kappa shape index (κ3) is 2.67. The Morgan fingerprint density at radius 3 is 2.76 bits per heavy atom. The van der Waals surface area contributed by atoms with Crippen LogP contribution in [0.1, 0.15) is 5.69 Å². The molecule has 0 amide bonds. The molecule has 17 heavy (non-hydrogen) atoms. The number of hydrogen-bond acceptors (Lipinski definition) is 5.